The quantitative estimate of drug-likeness (QED) is 0.586. The van der Waals surface area contributed by atoms with Crippen LogP contribution in [-0.4, -0.2) is 17.5 Å². The largest absolute Gasteiger partial charge is 0.389 e. The minimum Gasteiger partial charge on any atom is -0.389 e. The van der Waals surface area contributed by atoms with E-state index in [-0.39, 0.29) is 12.4 Å². The molecule has 0 aliphatic rings. The summed E-state index contributed by atoms with van der Waals surface area (Å²) < 4.78 is 0. The molecule has 1 N–H and O–H groups in total. The third-order valence-electron chi connectivity index (χ3n) is 0.812. The fraction of sp³-hybridized carbons (Fsp3) is 0.833. The number of Topliss-reactive ketones (excluding diaryl/α,β-unsaturated/α-hetero) is 1. The van der Waals surface area contributed by atoms with E-state index in [0.29, 0.717) is 12.3 Å². The molecule has 0 rings (SSSR count). The summed E-state index contributed by atoms with van der Waals surface area (Å²) in [6.45, 7) is 3.60. The standard InChI is InChI=1S/C6H12O2/c1-5(2)3-6(8)4-7/h5,7H,3-4H2,1-2H3. The summed E-state index contributed by atoms with van der Waals surface area (Å²) in [5.74, 6) is 0.301. The molecule has 2 heteroatoms. The van der Waals surface area contributed by atoms with E-state index < -0.39 is 0 Å². The fourth-order valence-electron chi connectivity index (χ4n) is 0.520. The lowest BCUT2D eigenvalue weighted by molar-refractivity contribution is -0.122. The van der Waals surface area contributed by atoms with Gasteiger partial charge in [-0.1, -0.05) is 13.8 Å². The molecule has 0 amide bonds. The second-order valence-corrected chi connectivity index (χ2v) is 2.29. The Bertz CT molecular complexity index is 76.6. The first-order valence-corrected chi connectivity index (χ1v) is 2.79. The van der Waals surface area contributed by atoms with Crippen LogP contribution in [0.4, 0.5) is 0 Å². The maximum absolute atomic E-state index is 10.4. The SMILES string of the molecule is CC(C)CC(=O)CO. The van der Waals surface area contributed by atoms with Crippen molar-refractivity contribution in [3.05, 3.63) is 0 Å². The summed E-state index contributed by atoms with van der Waals surface area (Å²) in [6, 6.07) is 0. The Kier molecular flexibility index (Phi) is 3.44. The first-order chi connectivity index (χ1) is 3.66. The van der Waals surface area contributed by atoms with E-state index in [4.69, 9.17) is 5.11 Å². The van der Waals surface area contributed by atoms with Gasteiger partial charge in [-0.05, 0) is 5.92 Å². The molecule has 0 radical (unpaired) electrons. The summed E-state index contributed by atoms with van der Waals surface area (Å²) >= 11 is 0. The van der Waals surface area contributed by atoms with Crippen LogP contribution in [0.5, 0.6) is 0 Å². The van der Waals surface area contributed by atoms with Gasteiger partial charge >= 0.3 is 0 Å². The molecule has 0 heterocycles. The van der Waals surface area contributed by atoms with Gasteiger partial charge in [-0.25, -0.2) is 0 Å². The summed E-state index contributed by atoms with van der Waals surface area (Å²) in [5.41, 5.74) is 0. The van der Waals surface area contributed by atoms with Crippen molar-refractivity contribution < 1.29 is 9.90 Å². The average molecular weight is 116 g/mol. The molecular weight excluding hydrogens is 104 g/mol. The lowest BCUT2D eigenvalue weighted by atomic mass is 10.1. The van der Waals surface area contributed by atoms with E-state index in [1.54, 1.807) is 0 Å². The van der Waals surface area contributed by atoms with Gasteiger partial charge in [-0.3, -0.25) is 4.79 Å². The Balaban J connectivity index is 3.25. The molecule has 0 saturated carbocycles. The van der Waals surface area contributed by atoms with Gasteiger partial charge in [-0.2, -0.15) is 0 Å². The zero-order chi connectivity index (χ0) is 6.57. The van der Waals surface area contributed by atoms with Gasteiger partial charge in [0.15, 0.2) is 5.78 Å². The number of aliphatic hydroxyl groups excluding tert-OH is 1. The van der Waals surface area contributed by atoms with Crippen molar-refractivity contribution in [3.8, 4) is 0 Å². The number of hydrogen-bond acceptors (Lipinski definition) is 2. The van der Waals surface area contributed by atoms with E-state index in [1.807, 2.05) is 13.8 Å². The zero-order valence-electron chi connectivity index (χ0n) is 5.35. The van der Waals surface area contributed by atoms with E-state index in [0.717, 1.165) is 0 Å². The molecule has 48 valence electrons. The average Bonchev–Trinajstić information content (AvgIpc) is 1.65. The predicted molar refractivity (Wildman–Crippen MR) is 31.5 cm³/mol. The van der Waals surface area contributed by atoms with Gasteiger partial charge in [0, 0.05) is 6.42 Å². The van der Waals surface area contributed by atoms with Crippen molar-refractivity contribution >= 4 is 5.78 Å². The van der Waals surface area contributed by atoms with Crippen molar-refractivity contribution in [3.63, 3.8) is 0 Å². The third kappa shape index (κ3) is 3.81. The van der Waals surface area contributed by atoms with Crippen LogP contribution in [0.1, 0.15) is 20.3 Å². The number of aliphatic hydroxyl groups is 1. The molecule has 0 saturated heterocycles. The summed E-state index contributed by atoms with van der Waals surface area (Å²) in [6.07, 6.45) is 0.497. The highest BCUT2D eigenvalue weighted by atomic mass is 16.3. The number of carbonyl (C=O) groups excluding carboxylic acids is 1. The van der Waals surface area contributed by atoms with Gasteiger partial charge in [-0.15, -0.1) is 0 Å². The Morgan fingerprint density at radius 3 is 2.25 bits per heavy atom. The maximum atomic E-state index is 10.4. The molecule has 0 aromatic rings. The van der Waals surface area contributed by atoms with E-state index in [1.165, 1.54) is 0 Å². The normalized spacial score (nSPS) is 10.0. The van der Waals surface area contributed by atoms with Crippen LogP contribution in [0.25, 0.3) is 0 Å². The highest BCUT2D eigenvalue weighted by molar-refractivity contribution is 5.79. The monoisotopic (exact) mass is 116 g/mol. The summed E-state index contributed by atoms with van der Waals surface area (Å²) in [5, 5.41) is 8.23. The molecule has 0 aromatic heterocycles. The van der Waals surface area contributed by atoms with Crippen molar-refractivity contribution in [2.24, 2.45) is 5.92 Å². The Morgan fingerprint density at radius 1 is 1.62 bits per heavy atom. The molecule has 0 aliphatic heterocycles. The lowest BCUT2D eigenvalue weighted by Gasteiger charge is -1.98. The number of hydrogen-bond donors (Lipinski definition) is 1. The Labute approximate surface area is 49.5 Å². The van der Waals surface area contributed by atoms with Crippen molar-refractivity contribution in [2.75, 3.05) is 6.61 Å². The molecular formula is C6H12O2. The van der Waals surface area contributed by atoms with Crippen LogP contribution >= 0.6 is 0 Å². The first-order valence-electron chi connectivity index (χ1n) is 2.79. The maximum Gasteiger partial charge on any atom is 0.158 e. The topological polar surface area (TPSA) is 37.3 Å². The smallest absolute Gasteiger partial charge is 0.158 e. The van der Waals surface area contributed by atoms with Crippen LogP contribution in [0.15, 0.2) is 0 Å². The van der Waals surface area contributed by atoms with E-state index >= 15 is 0 Å². The van der Waals surface area contributed by atoms with Crippen LogP contribution in [0.2, 0.25) is 0 Å². The predicted octanol–water partition coefficient (Wildman–Crippen LogP) is 0.594. The number of ketones is 1. The molecule has 0 unspecified atom stereocenters. The van der Waals surface area contributed by atoms with Crippen LogP contribution in [-0.2, 0) is 4.79 Å². The number of rotatable bonds is 3. The van der Waals surface area contributed by atoms with Crippen LogP contribution < -0.4 is 0 Å². The minimum atomic E-state index is -0.307. The van der Waals surface area contributed by atoms with Gasteiger partial charge in [0.1, 0.15) is 6.61 Å². The Hall–Kier alpha value is -0.370. The van der Waals surface area contributed by atoms with E-state index in [2.05, 4.69) is 0 Å². The Morgan fingerprint density at radius 2 is 2.12 bits per heavy atom. The lowest BCUT2D eigenvalue weighted by Crippen LogP contribution is -2.06. The second-order valence-electron chi connectivity index (χ2n) is 2.29. The minimum absolute atomic E-state index is 0.0694. The van der Waals surface area contributed by atoms with Gasteiger partial charge in [0.25, 0.3) is 0 Å². The zero-order valence-corrected chi connectivity index (χ0v) is 5.35. The van der Waals surface area contributed by atoms with Gasteiger partial charge in [0.2, 0.25) is 0 Å². The van der Waals surface area contributed by atoms with Gasteiger partial charge < -0.3 is 5.11 Å². The van der Waals surface area contributed by atoms with Crippen LogP contribution in [0.3, 0.4) is 0 Å². The molecule has 2 nitrogen and oxygen atoms in total. The molecule has 0 bridgehead atoms. The highest BCUT2D eigenvalue weighted by Crippen LogP contribution is 1.98. The number of carbonyl (C=O) groups is 1. The molecule has 0 atom stereocenters. The molecule has 0 fully saturated rings. The van der Waals surface area contributed by atoms with Crippen molar-refractivity contribution in [1.29, 1.82) is 0 Å². The van der Waals surface area contributed by atoms with E-state index in [9.17, 15) is 4.79 Å². The van der Waals surface area contributed by atoms with Crippen LogP contribution in [0, 0.1) is 5.92 Å². The summed E-state index contributed by atoms with van der Waals surface area (Å²) in [4.78, 5) is 10.4. The second kappa shape index (κ2) is 3.61. The summed E-state index contributed by atoms with van der Waals surface area (Å²) in [7, 11) is 0. The first kappa shape index (κ1) is 7.63. The molecule has 0 aliphatic carbocycles. The molecule has 0 aromatic carbocycles. The molecule has 8 heavy (non-hydrogen) atoms. The fourth-order valence-corrected chi connectivity index (χ4v) is 0.520. The van der Waals surface area contributed by atoms with Gasteiger partial charge in [0.05, 0.1) is 0 Å². The third-order valence-corrected chi connectivity index (χ3v) is 0.812. The van der Waals surface area contributed by atoms with Crippen molar-refractivity contribution in [2.45, 2.75) is 20.3 Å². The highest BCUT2D eigenvalue weighted by Gasteiger charge is 2.00. The molecule has 0 spiro atoms. The van der Waals surface area contributed by atoms with Crippen molar-refractivity contribution in [1.82, 2.24) is 0 Å².